The van der Waals surface area contributed by atoms with Gasteiger partial charge in [-0.15, -0.1) is 0 Å². The van der Waals surface area contributed by atoms with Gasteiger partial charge in [0, 0.05) is 13.1 Å². The molecule has 0 saturated carbocycles. The molecule has 0 radical (unpaired) electrons. The summed E-state index contributed by atoms with van der Waals surface area (Å²) in [6.45, 7) is 5.38. The number of halogens is 3. The van der Waals surface area contributed by atoms with E-state index in [1.54, 1.807) is 39.0 Å². The summed E-state index contributed by atoms with van der Waals surface area (Å²) in [5, 5.41) is 3.33. The summed E-state index contributed by atoms with van der Waals surface area (Å²) in [7, 11) is -4.31. The van der Waals surface area contributed by atoms with Crippen LogP contribution in [0.5, 0.6) is 5.75 Å². The van der Waals surface area contributed by atoms with Crippen LogP contribution in [-0.4, -0.2) is 50.9 Å². The van der Waals surface area contributed by atoms with Crippen molar-refractivity contribution in [3.63, 3.8) is 0 Å². The van der Waals surface area contributed by atoms with Crippen molar-refractivity contribution in [1.29, 1.82) is 0 Å². The molecule has 41 heavy (non-hydrogen) atoms. The van der Waals surface area contributed by atoms with Crippen LogP contribution in [0.15, 0.2) is 71.6 Å². The molecule has 2 amide bonds. The highest BCUT2D eigenvalue weighted by molar-refractivity contribution is 7.92. The lowest BCUT2D eigenvalue weighted by molar-refractivity contribution is -0.140. The Kier molecular flexibility index (Phi) is 11.4. The first kappa shape index (κ1) is 32.2. The smallest absolute Gasteiger partial charge is 0.264 e. The second kappa shape index (κ2) is 14.5. The molecule has 12 heteroatoms. The van der Waals surface area contributed by atoms with E-state index in [-0.39, 0.29) is 34.5 Å². The number of carbonyl (C=O) groups is 2. The number of benzene rings is 3. The minimum absolute atomic E-state index is 0.0360. The Hall–Kier alpha value is -3.34. The van der Waals surface area contributed by atoms with Gasteiger partial charge in [0.25, 0.3) is 10.0 Å². The Labute approximate surface area is 250 Å². The van der Waals surface area contributed by atoms with E-state index in [1.807, 2.05) is 0 Å². The van der Waals surface area contributed by atoms with Crippen molar-refractivity contribution in [2.24, 2.45) is 0 Å². The molecule has 3 aromatic rings. The number of amides is 2. The first-order valence-electron chi connectivity index (χ1n) is 13.0. The second-order valence-electron chi connectivity index (χ2n) is 8.98. The number of ether oxygens (including phenoxy) is 1. The molecule has 3 rings (SSSR count). The van der Waals surface area contributed by atoms with Crippen molar-refractivity contribution in [3.8, 4) is 5.75 Å². The monoisotopic (exact) mass is 623 g/mol. The highest BCUT2D eigenvalue weighted by Crippen LogP contribution is 2.27. The molecule has 0 fully saturated rings. The summed E-state index contributed by atoms with van der Waals surface area (Å²) >= 11 is 12.3. The quantitative estimate of drug-likeness (QED) is 0.265. The average molecular weight is 625 g/mol. The van der Waals surface area contributed by atoms with Crippen LogP contribution < -0.4 is 14.4 Å². The zero-order valence-electron chi connectivity index (χ0n) is 22.9. The SMILES string of the molecule is CCNC(=O)[C@H](CC)N(Cc1ccc(Cl)c(Cl)c1)C(=O)CN(c1ccc(F)cc1)S(=O)(=O)c1ccc(OCC)cc1. The molecule has 1 N–H and O–H groups in total. The van der Waals surface area contributed by atoms with Gasteiger partial charge in [0.05, 0.1) is 27.2 Å². The highest BCUT2D eigenvalue weighted by Gasteiger charge is 2.33. The minimum atomic E-state index is -4.31. The molecule has 0 unspecified atom stereocenters. The summed E-state index contributed by atoms with van der Waals surface area (Å²) < 4.78 is 47.8. The van der Waals surface area contributed by atoms with Crippen molar-refractivity contribution in [3.05, 3.63) is 88.2 Å². The maximum Gasteiger partial charge on any atom is 0.264 e. The number of rotatable bonds is 13. The normalized spacial score (nSPS) is 12.0. The standard InChI is InChI=1S/C29H32Cl2FN3O5S/c1-4-27(29(37)33-5-2)34(18-20-7-16-25(30)26(31)17-20)28(36)19-35(22-10-8-21(32)9-11-22)41(38,39)24-14-12-23(13-15-24)40-6-3/h7-17,27H,4-6,18-19H2,1-3H3,(H,33,37)/t27-/m0/s1. The number of hydrogen-bond acceptors (Lipinski definition) is 5. The van der Waals surface area contributed by atoms with Gasteiger partial charge in [-0.1, -0.05) is 36.2 Å². The highest BCUT2D eigenvalue weighted by atomic mass is 35.5. The molecular weight excluding hydrogens is 592 g/mol. The Morgan fingerprint density at radius 1 is 0.951 bits per heavy atom. The zero-order valence-corrected chi connectivity index (χ0v) is 25.3. The first-order chi connectivity index (χ1) is 19.5. The molecule has 0 bridgehead atoms. The van der Waals surface area contributed by atoms with Crippen LogP contribution >= 0.6 is 23.2 Å². The number of hydrogen-bond donors (Lipinski definition) is 1. The van der Waals surface area contributed by atoms with E-state index >= 15 is 0 Å². The fraction of sp³-hybridized carbons (Fsp3) is 0.310. The maximum atomic E-state index is 14.0. The molecule has 0 heterocycles. The number of carbonyl (C=O) groups excluding carboxylic acids is 2. The maximum absolute atomic E-state index is 14.0. The Morgan fingerprint density at radius 3 is 2.17 bits per heavy atom. The van der Waals surface area contributed by atoms with Gasteiger partial charge in [0.1, 0.15) is 24.2 Å². The molecule has 0 aliphatic rings. The van der Waals surface area contributed by atoms with Crippen LogP contribution in [0.25, 0.3) is 0 Å². The molecule has 0 aliphatic heterocycles. The van der Waals surface area contributed by atoms with Crippen molar-refractivity contribution >= 4 is 50.7 Å². The van der Waals surface area contributed by atoms with E-state index in [0.29, 0.717) is 29.5 Å². The zero-order chi connectivity index (χ0) is 30.2. The summed E-state index contributed by atoms with van der Waals surface area (Å²) in [4.78, 5) is 28.2. The summed E-state index contributed by atoms with van der Waals surface area (Å²) in [5.41, 5.74) is 0.674. The van der Waals surface area contributed by atoms with Gasteiger partial charge in [-0.2, -0.15) is 0 Å². The summed E-state index contributed by atoms with van der Waals surface area (Å²) in [6, 6.07) is 14.5. The van der Waals surface area contributed by atoms with Gasteiger partial charge >= 0.3 is 0 Å². The van der Waals surface area contributed by atoms with E-state index in [1.165, 1.54) is 41.3 Å². The van der Waals surface area contributed by atoms with Crippen LogP contribution in [0.2, 0.25) is 10.0 Å². The molecule has 0 aliphatic carbocycles. The molecule has 0 spiro atoms. The van der Waals surface area contributed by atoms with E-state index in [0.717, 1.165) is 16.4 Å². The van der Waals surface area contributed by atoms with Gasteiger partial charge in [-0.25, -0.2) is 12.8 Å². The first-order valence-corrected chi connectivity index (χ1v) is 15.2. The third-order valence-corrected chi connectivity index (χ3v) is 8.72. The van der Waals surface area contributed by atoms with Gasteiger partial charge in [0.2, 0.25) is 11.8 Å². The van der Waals surface area contributed by atoms with E-state index in [4.69, 9.17) is 27.9 Å². The van der Waals surface area contributed by atoms with Crippen molar-refractivity contribution in [2.45, 2.75) is 44.7 Å². The number of likely N-dealkylation sites (N-methyl/N-ethyl adjacent to an activating group) is 1. The Morgan fingerprint density at radius 2 is 1.61 bits per heavy atom. The third-order valence-electron chi connectivity index (χ3n) is 6.19. The fourth-order valence-corrected chi connectivity index (χ4v) is 5.92. The number of sulfonamides is 1. The van der Waals surface area contributed by atoms with E-state index in [9.17, 15) is 22.4 Å². The van der Waals surface area contributed by atoms with Crippen molar-refractivity contribution < 1.29 is 27.1 Å². The van der Waals surface area contributed by atoms with Crippen LogP contribution in [0.3, 0.4) is 0 Å². The van der Waals surface area contributed by atoms with Crippen molar-refractivity contribution in [2.75, 3.05) is 24.0 Å². The molecule has 8 nitrogen and oxygen atoms in total. The second-order valence-corrected chi connectivity index (χ2v) is 11.7. The lowest BCUT2D eigenvalue weighted by Gasteiger charge is -2.33. The molecule has 0 aromatic heterocycles. The molecule has 0 saturated heterocycles. The molecular formula is C29H32Cl2FN3O5S. The molecule has 1 atom stereocenters. The lowest BCUT2D eigenvalue weighted by Crippen LogP contribution is -2.52. The third kappa shape index (κ3) is 8.12. The summed E-state index contributed by atoms with van der Waals surface area (Å²) in [6.07, 6.45) is 0.265. The van der Waals surface area contributed by atoms with Crippen LogP contribution in [0, 0.1) is 5.82 Å². The minimum Gasteiger partial charge on any atom is -0.494 e. The van der Waals surface area contributed by atoms with Gasteiger partial charge in [-0.05, 0) is 86.5 Å². The Balaban J connectivity index is 2.05. The molecule has 3 aromatic carbocycles. The number of anilines is 1. The van der Waals surface area contributed by atoms with Crippen molar-refractivity contribution in [1.82, 2.24) is 10.2 Å². The summed E-state index contributed by atoms with van der Waals surface area (Å²) in [5.74, 6) is -1.11. The fourth-order valence-electron chi connectivity index (χ4n) is 4.18. The molecule has 220 valence electrons. The van der Waals surface area contributed by atoms with E-state index < -0.39 is 34.3 Å². The number of nitrogens with zero attached hydrogens (tertiary/aromatic N) is 2. The van der Waals surface area contributed by atoms with Gasteiger partial charge in [0.15, 0.2) is 0 Å². The van der Waals surface area contributed by atoms with Gasteiger partial charge < -0.3 is 15.0 Å². The van der Waals surface area contributed by atoms with Crippen LogP contribution in [0.1, 0.15) is 32.8 Å². The van der Waals surface area contributed by atoms with E-state index in [2.05, 4.69) is 5.32 Å². The largest absolute Gasteiger partial charge is 0.494 e. The number of nitrogens with one attached hydrogen (secondary N) is 1. The van der Waals surface area contributed by atoms with Gasteiger partial charge in [-0.3, -0.25) is 13.9 Å². The topological polar surface area (TPSA) is 96.0 Å². The lowest BCUT2D eigenvalue weighted by atomic mass is 10.1. The van der Waals surface area contributed by atoms with Crippen LogP contribution in [-0.2, 0) is 26.2 Å². The Bertz CT molecular complexity index is 1450. The van der Waals surface area contributed by atoms with Crippen LogP contribution in [0.4, 0.5) is 10.1 Å². The predicted molar refractivity (Wildman–Crippen MR) is 158 cm³/mol. The average Bonchev–Trinajstić information content (AvgIpc) is 2.94. The predicted octanol–water partition coefficient (Wildman–Crippen LogP) is 5.67.